The summed E-state index contributed by atoms with van der Waals surface area (Å²) in [7, 11) is 0. The molecular formula is C30H38N4O4. The third-order valence-electron chi connectivity index (χ3n) is 7.53. The highest BCUT2D eigenvalue weighted by molar-refractivity contribution is 6.05. The van der Waals surface area contributed by atoms with Crippen molar-refractivity contribution in [2.45, 2.75) is 59.4 Å². The number of nitrogens with zero attached hydrogens (tertiary/aromatic N) is 3. The van der Waals surface area contributed by atoms with Gasteiger partial charge in [0.25, 0.3) is 5.91 Å². The maximum absolute atomic E-state index is 13.0. The fourth-order valence-corrected chi connectivity index (χ4v) is 5.63. The molecule has 2 fully saturated rings. The summed E-state index contributed by atoms with van der Waals surface area (Å²) >= 11 is 0. The Kier molecular flexibility index (Phi) is 7.54. The van der Waals surface area contributed by atoms with Crippen molar-refractivity contribution < 1.29 is 19.1 Å². The van der Waals surface area contributed by atoms with Crippen LogP contribution in [-0.2, 0) is 29.3 Å². The third-order valence-corrected chi connectivity index (χ3v) is 7.53. The molecule has 0 radical (unpaired) electrons. The van der Waals surface area contributed by atoms with E-state index in [0.29, 0.717) is 36.3 Å². The zero-order valence-corrected chi connectivity index (χ0v) is 22.7. The average Bonchev–Trinajstić information content (AvgIpc) is 3.21. The van der Waals surface area contributed by atoms with Crippen molar-refractivity contribution in [3.63, 3.8) is 0 Å². The Balaban J connectivity index is 1.15. The summed E-state index contributed by atoms with van der Waals surface area (Å²) in [4.78, 5) is 43.5. The lowest BCUT2D eigenvalue weighted by Crippen LogP contribution is -2.52. The van der Waals surface area contributed by atoms with E-state index in [2.05, 4.69) is 60.2 Å². The fourth-order valence-electron chi connectivity index (χ4n) is 5.63. The molecule has 0 aromatic heterocycles. The minimum absolute atomic E-state index is 0.191. The zero-order valence-electron chi connectivity index (χ0n) is 22.7. The minimum atomic E-state index is -0.630. The van der Waals surface area contributed by atoms with Crippen LogP contribution in [0.5, 0.6) is 5.75 Å². The maximum Gasteiger partial charge on any atom is 0.255 e. The molecule has 2 aromatic rings. The van der Waals surface area contributed by atoms with E-state index in [0.717, 1.165) is 50.4 Å². The van der Waals surface area contributed by atoms with Crippen LogP contribution in [0.2, 0.25) is 0 Å². The summed E-state index contributed by atoms with van der Waals surface area (Å²) < 4.78 is 6.15. The lowest BCUT2D eigenvalue weighted by molar-refractivity contribution is -0.136. The monoisotopic (exact) mass is 518 g/mol. The second-order valence-electron chi connectivity index (χ2n) is 11.9. The van der Waals surface area contributed by atoms with Crippen molar-refractivity contribution in [3.8, 4) is 5.75 Å². The summed E-state index contributed by atoms with van der Waals surface area (Å²) in [6.07, 6.45) is 0.586. The lowest BCUT2D eigenvalue weighted by atomic mass is 9.96. The number of fused-ring (bicyclic) bond motifs is 1. The number of carbonyl (C=O) groups is 3. The second kappa shape index (κ2) is 10.9. The number of hydrogen-bond donors (Lipinski definition) is 1. The second-order valence-corrected chi connectivity index (χ2v) is 11.9. The van der Waals surface area contributed by atoms with Crippen molar-refractivity contribution >= 4 is 17.7 Å². The van der Waals surface area contributed by atoms with Gasteiger partial charge in [-0.2, -0.15) is 0 Å². The predicted octanol–water partition coefficient (Wildman–Crippen LogP) is 3.19. The number of rotatable bonds is 7. The largest absolute Gasteiger partial charge is 0.489 e. The Morgan fingerprint density at radius 1 is 0.921 bits per heavy atom. The Morgan fingerprint density at radius 2 is 1.61 bits per heavy atom. The molecule has 2 saturated heterocycles. The molecule has 38 heavy (non-hydrogen) atoms. The molecular weight excluding hydrogens is 480 g/mol. The van der Waals surface area contributed by atoms with E-state index in [4.69, 9.17) is 4.74 Å². The summed E-state index contributed by atoms with van der Waals surface area (Å²) in [6.45, 7) is 14.1. The number of imide groups is 1. The summed E-state index contributed by atoms with van der Waals surface area (Å²) in [5.74, 6) is -0.229. The third kappa shape index (κ3) is 6.08. The Bertz CT molecular complexity index is 1200. The van der Waals surface area contributed by atoms with Gasteiger partial charge in [0.05, 0.1) is 6.54 Å². The molecule has 202 valence electrons. The first-order valence-corrected chi connectivity index (χ1v) is 13.6. The van der Waals surface area contributed by atoms with Crippen LogP contribution in [0, 0.1) is 5.41 Å². The maximum atomic E-state index is 13.0. The van der Waals surface area contributed by atoms with Gasteiger partial charge in [-0.25, -0.2) is 0 Å². The first-order chi connectivity index (χ1) is 18.2. The van der Waals surface area contributed by atoms with Crippen LogP contribution in [-0.4, -0.2) is 71.2 Å². The molecule has 3 aliphatic heterocycles. The molecule has 3 aliphatic rings. The Labute approximate surface area is 224 Å². The number of amides is 3. The van der Waals surface area contributed by atoms with Gasteiger partial charge in [-0.1, -0.05) is 51.1 Å². The van der Waals surface area contributed by atoms with Gasteiger partial charge in [0.15, 0.2) is 0 Å². The number of nitrogens with one attached hydrogen (secondary N) is 1. The van der Waals surface area contributed by atoms with E-state index in [-0.39, 0.29) is 18.2 Å². The molecule has 0 saturated carbocycles. The number of piperazine rings is 1. The number of carbonyl (C=O) groups excluding carboxylic acids is 3. The molecule has 0 spiro atoms. The quantitative estimate of drug-likeness (QED) is 0.567. The van der Waals surface area contributed by atoms with E-state index in [1.165, 1.54) is 5.56 Å². The van der Waals surface area contributed by atoms with Crippen molar-refractivity contribution in [2.24, 2.45) is 5.41 Å². The number of hydrogen-bond acceptors (Lipinski definition) is 6. The van der Waals surface area contributed by atoms with Gasteiger partial charge in [0.2, 0.25) is 11.8 Å². The lowest BCUT2D eigenvalue weighted by Gasteiger charge is -2.37. The molecule has 3 amide bonds. The van der Waals surface area contributed by atoms with Crippen molar-refractivity contribution in [2.75, 3.05) is 32.7 Å². The van der Waals surface area contributed by atoms with Gasteiger partial charge in [0, 0.05) is 56.8 Å². The summed E-state index contributed by atoms with van der Waals surface area (Å²) in [6, 6.07) is 13.4. The van der Waals surface area contributed by atoms with Gasteiger partial charge in [-0.15, -0.1) is 0 Å². The predicted molar refractivity (Wildman–Crippen MR) is 144 cm³/mol. The van der Waals surface area contributed by atoms with E-state index < -0.39 is 11.9 Å². The first-order valence-electron chi connectivity index (χ1n) is 13.6. The summed E-state index contributed by atoms with van der Waals surface area (Å²) in [5, 5.41) is 2.35. The molecule has 3 heterocycles. The highest BCUT2D eigenvalue weighted by atomic mass is 16.5. The number of piperidine rings is 1. The molecule has 0 aliphatic carbocycles. The van der Waals surface area contributed by atoms with Crippen molar-refractivity contribution in [1.82, 2.24) is 20.0 Å². The van der Waals surface area contributed by atoms with Gasteiger partial charge >= 0.3 is 0 Å². The summed E-state index contributed by atoms with van der Waals surface area (Å²) in [5.41, 5.74) is 4.05. The van der Waals surface area contributed by atoms with Crippen LogP contribution in [0.15, 0.2) is 42.5 Å². The fraction of sp³-hybridized carbons (Fsp3) is 0.500. The molecule has 1 N–H and O–H groups in total. The van der Waals surface area contributed by atoms with Crippen LogP contribution in [0.4, 0.5) is 0 Å². The van der Waals surface area contributed by atoms with E-state index in [9.17, 15) is 14.4 Å². The molecule has 5 rings (SSSR count). The molecule has 8 heteroatoms. The molecule has 1 atom stereocenters. The normalized spacial score (nSPS) is 21.0. The van der Waals surface area contributed by atoms with E-state index in [1.807, 2.05) is 12.1 Å². The molecule has 2 aromatic carbocycles. The molecule has 0 unspecified atom stereocenters. The van der Waals surface area contributed by atoms with Crippen molar-refractivity contribution in [3.05, 3.63) is 64.7 Å². The molecule has 0 bridgehead atoms. The van der Waals surface area contributed by atoms with Crippen LogP contribution < -0.4 is 10.1 Å². The number of ether oxygens (including phenoxy) is 1. The van der Waals surface area contributed by atoms with Crippen LogP contribution >= 0.6 is 0 Å². The first kappa shape index (κ1) is 26.4. The minimum Gasteiger partial charge on any atom is -0.489 e. The standard InChI is InChI=1S/C30H38N4O4/c1-30(2,3)20-33-15-13-32(14-16-33)17-21-7-9-22(10-8-21)19-38-26-6-4-5-23-24(26)18-34(29(23)37)25-11-12-27(35)31-28(25)36/h4-10,25H,11-20H2,1-3H3,(H,31,35,36)/t25-/m1/s1. The number of benzene rings is 2. The Hall–Kier alpha value is -3.23. The van der Waals surface area contributed by atoms with Gasteiger partial charge in [-0.05, 0) is 35.1 Å². The smallest absolute Gasteiger partial charge is 0.255 e. The van der Waals surface area contributed by atoms with E-state index in [1.54, 1.807) is 11.0 Å². The van der Waals surface area contributed by atoms with Gasteiger partial charge in [-0.3, -0.25) is 24.6 Å². The van der Waals surface area contributed by atoms with Gasteiger partial charge < -0.3 is 14.5 Å². The topological polar surface area (TPSA) is 82.2 Å². The van der Waals surface area contributed by atoms with Crippen LogP contribution in [0.25, 0.3) is 0 Å². The Morgan fingerprint density at radius 3 is 2.29 bits per heavy atom. The van der Waals surface area contributed by atoms with E-state index >= 15 is 0 Å². The average molecular weight is 519 g/mol. The zero-order chi connectivity index (χ0) is 26.9. The van der Waals surface area contributed by atoms with Gasteiger partial charge in [0.1, 0.15) is 18.4 Å². The van der Waals surface area contributed by atoms with Crippen LogP contribution in [0.1, 0.15) is 60.7 Å². The molecule has 8 nitrogen and oxygen atoms in total. The van der Waals surface area contributed by atoms with Crippen molar-refractivity contribution in [1.29, 1.82) is 0 Å². The highest BCUT2D eigenvalue weighted by Crippen LogP contribution is 2.34. The SMILES string of the molecule is CC(C)(C)CN1CCN(Cc2ccc(COc3cccc4c3CN([C@@H]3CCC(=O)NC3=O)C4=O)cc2)CC1. The van der Waals surface area contributed by atoms with Crippen LogP contribution in [0.3, 0.4) is 0 Å². The highest BCUT2D eigenvalue weighted by Gasteiger charge is 2.40.